The molecule has 116 valence electrons. The molecule has 0 radical (unpaired) electrons. The molecule has 2 heteroatoms. The lowest BCUT2D eigenvalue weighted by Gasteiger charge is -2.56. The molecule has 21 heavy (non-hydrogen) atoms. The Labute approximate surface area is 128 Å². The Hall–Kier alpha value is -0.630. The molecule has 6 atom stereocenters. The normalized spacial score (nSPS) is 52.7. The van der Waals surface area contributed by atoms with Gasteiger partial charge in [0.25, 0.3) is 0 Å². The molecule has 0 spiro atoms. The lowest BCUT2D eigenvalue weighted by molar-refractivity contribution is -0.132. The van der Waals surface area contributed by atoms with Crippen LogP contribution in [0.25, 0.3) is 0 Å². The highest BCUT2D eigenvalue weighted by atomic mass is 16.3. The van der Waals surface area contributed by atoms with Crippen molar-refractivity contribution in [1.29, 1.82) is 0 Å². The molecule has 0 bridgehead atoms. The van der Waals surface area contributed by atoms with Gasteiger partial charge in [0.15, 0.2) is 0 Å². The predicted octanol–water partition coefficient (Wildman–Crippen LogP) is 3.88. The van der Waals surface area contributed by atoms with Gasteiger partial charge in [-0.2, -0.15) is 0 Å². The van der Waals surface area contributed by atoms with Crippen LogP contribution in [0.4, 0.5) is 0 Å². The Morgan fingerprint density at radius 3 is 2.62 bits per heavy atom. The summed E-state index contributed by atoms with van der Waals surface area (Å²) in [4.78, 5) is 12.4. The van der Waals surface area contributed by atoms with Crippen LogP contribution in [-0.4, -0.2) is 17.0 Å². The number of hydrogen-bond acceptors (Lipinski definition) is 2. The van der Waals surface area contributed by atoms with Crippen molar-refractivity contribution in [2.24, 2.45) is 28.6 Å². The van der Waals surface area contributed by atoms with Gasteiger partial charge in [0.2, 0.25) is 0 Å². The first-order chi connectivity index (χ1) is 9.95. The number of aliphatic hydroxyl groups is 1. The Bertz CT molecular complexity index is 508. The standard InChI is InChI=1S/C19H28O2/c1-18-9-7-13(20)11-12(18)3-4-14-15-5-6-17(21)19(15,2)10-8-16(14)18/h3,13-16,20H,4-11H2,1-2H3/t13-,14+,15-,16+,18-,19-/m0/s1. The van der Waals surface area contributed by atoms with E-state index in [9.17, 15) is 9.90 Å². The van der Waals surface area contributed by atoms with Crippen LogP contribution in [0.1, 0.15) is 65.2 Å². The summed E-state index contributed by atoms with van der Waals surface area (Å²) >= 11 is 0. The van der Waals surface area contributed by atoms with Crippen LogP contribution in [-0.2, 0) is 4.79 Å². The number of carbonyl (C=O) groups excluding carboxylic acids is 1. The molecule has 4 aliphatic carbocycles. The fourth-order valence-electron chi connectivity index (χ4n) is 6.41. The predicted molar refractivity (Wildman–Crippen MR) is 82.7 cm³/mol. The zero-order valence-corrected chi connectivity index (χ0v) is 13.4. The molecule has 0 aromatic rings. The van der Waals surface area contributed by atoms with Crippen molar-refractivity contribution >= 4 is 5.78 Å². The minimum Gasteiger partial charge on any atom is -0.393 e. The molecular formula is C19H28O2. The first kappa shape index (κ1) is 14.0. The summed E-state index contributed by atoms with van der Waals surface area (Å²) in [5.74, 6) is 2.60. The lowest BCUT2D eigenvalue weighted by Crippen LogP contribution is -2.50. The monoisotopic (exact) mass is 288 g/mol. The minimum absolute atomic E-state index is 0.0168. The van der Waals surface area contributed by atoms with Gasteiger partial charge in [-0.15, -0.1) is 0 Å². The van der Waals surface area contributed by atoms with E-state index >= 15 is 0 Å². The van der Waals surface area contributed by atoms with Crippen LogP contribution in [0.2, 0.25) is 0 Å². The third kappa shape index (κ3) is 1.78. The number of ketones is 1. The Kier molecular flexibility index (Phi) is 2.96. The zero-order valence-electron chi connectivity index (χ0n) is 13.4. The Morgan fingerprint density at radius 1 is 1.10 bits per heavy atom. The van der Waals surface area contributed by atoms with Gasteiger partial charge in [0.05, 0.1) is 6.10 Å². The summed E-state index contributed by atoms with van der Waals surface area (Å²) < 4.78 is 0. The van der Waals surface area contributed by atoms with Crippen molar-refractivity contribution in [2.75, 3.05) is 0 Å². The van der Waals surface area contributed by atoms with Crippen LogP contribution >= 0.6 is 0 Å². The smallest absolute Gasteiger partial charge is 0.139 e. The topological polar surface area (TPSA) is 37.3 Å². The van der Waals surface area contributed by atoms with Gasteiger partial charge >= 0.3 is 0 Å². The van der Waals surface area contributed by atoms with Gasteiger partial charge < -0.3 is 5.11 Å². The largest absolute Gasteiger partial charge is 0.393 e. The number of aliphatic hydroxyl groups excluding tert-OH is 1. The van der Waals surface area contributed by atoms with E-state index in [1.54, 1.807) is 0 Å². The van der Waals surface area contributed by atoms with Crippen molar-refractivity contribution in [3.8, 4) is 0 Å². The van der Waals surface area contributed by atoms with Gasteiger partial charge in [-0.25, -0.2) is 0 Å². The molecule has 0 aromatic carbocycles. The molecule has 3 fully saturated rings. The molecule has 4 aliphatic rings. The lowest BCUT2D eigenvalue weighted by atomic mass is 9.48. The highest BCUT2D eigenvalue weighted by molar-refractivity contribution is 5.87. The maximum Gasteiger partial charge on any atom is 0.139 e. The summed E-state index contributed by atoms with van der Waals surface area (Å²) in [6.07, 6.45) is 10.7. The number of hydrogen-bond donors (Lipinski definition) is 1. The van der Waals surface area contributed by atoms with Crippen LogP contribution in [0.15, 0.2) is 11.6 Å². The Balaban J connectivity index is 1.69. The average molecular weight is 288 g/mol. The fourth-order valence-corrected chi connectivity index (χ4v) is 6.41. The third-order valence-electron chi connectivity index (χ3n) is 7.79. The maximum absolute atomic E-state index is 12.4. The molecule has 0 aromatic heterocycles. The molecule has 0 amide bonds. The zero-order chi connectivity index (χ0) is 14.8. The summed E-state index contributed by atoms with van der Waals surface area (Å²) in [7, 11) is 0. The highest BCUT2D eigenvalue weighted by Gasteiger charge is 2.58. The Morgan fingerprint density at radius 2 is 1.81 bits per heavy atom. The highest BCUT2D eigenvalue weighted by Crippen LogP contribution is 2.63. The average Bonchev–Trinajstić information content (AvgIpc) is 2.76. The quantitative estimate of drug-likeness (QED) is 0.687. The van der Waals surface area contributed by atoms with Gasteiger partial charge in [-0.1, -0.05) is 25.5 Å². The van der Waals surface area contributed by atoms with Gasteiger partial charge in [-0.3, -0.25) is 4.79 Å². The number of allylic oxidation sites excluding steroid dienone is 1. The molecular weight excluding hydrogens is 260 g/mol. The second-order valence-corrected chi connectivity index (χ2v) is 8.57. The summed E-state index contributed by atoms with van der Waals surface area (Å²) in [5.41, 5.74) is 1.81. The van der Waals surface area contributed by atoms with E-state index < -0.39 is 0 Å². The molecule has 0 aliphatic heterocycles. The van der Waals surface area contributed by atoms with E-state index in [0.29, 0.717) is 23.0 Å². The van der Waals surface area contributed by atoms with Crippen LogP contribution in [0.3, 0.4) is 0 Å². The summed E-state index contributed by atoms with van der Waals surface area (Å²) in [6.45, 7) is 4.69. The number of Topliss-reactive ketones (excluding diaryl/α,β-unsaturated/α-hetero) is 1. The van der Waals surface area contributed by atoms with Gasteiger partial charge in [-0.05, 0) is 68.1 Å². The maximum atomic E-state index is 12.4. The van der Waals surface area contributed by atoms with E-state index in [0.717, 1.165) is 50.9 Å². The van der Waals surface area contributed by atoms with Crippen molar-refractivity contribution < 1.29 is 9.90 Å². The fraction of sp³-hybridized carbons (Fsp3) is 0.842. The molecule has 2 nitrogen and oxygen atoms in total. The number of fused-ring (bicyclic) bond motifs is 5. The van der Waals surface area contributed by atoms with E-state index in [1.807, 2.05) is 0 Å². The van der Waals surface area contributed by atoms with Gasteiger partial charge in [0.1, 0.15) is 5.78 Å². The second-order valence-electron chi connectivity index (χ2n) is 8.57. The molecule has 0 heterocycles. The van der Waals surface area contributed by atoms with Crippen LogP contribution in [0, 0.1) is 28.6 Å². The molecule has 4 rings (SSSR count). The minimum atomic E-state index is -0.122. The van der Waals surface area contributed by atoms with Gasteiger partial charge in [0, 0.05) is 11.8 Å². The van der Waals surface area contributed by atoms with Crippen molar-refractivity contribution in [3.05, 3.63) is 11.6 Å². The van der Waals surface area contributed by atoms with Crippen molar-refractivity contribution in [3.63, 3.8) is 0 Å². The molecule has 0 saturated heterocycles. The van der Waals surface area contributed by atoms with E-state index in [1.165, 1.54) is 12.0 Å². The molecule has 3 saturated carbocycles. The van der Waals surface area contributed by atoms with E-state index in [4.69, 9.17) is 0 Å². The SMILES string of the molecule is C[C@]12CC[C@H](O)CC1=CC[C@H]1[C@H]2CC[C@]2(C)C(=O)CC[C@@H]12. The van der Waals surface area contributed by atoms with E-state index in [2.05, 4.69) is 19.9 Å². The van der Waals surface area contributed by atoms with E-state index in [-0.39, 0.29) is 11.5 Å². The summed E-state index contributed by atoms with van der Waals surface area (Å²) in [5, 5.41) is 10.00. The first-order valence-electron chi connectivity index (χ1n) is 8.86. The third-order valence-corrected chi connectivity index (χ3v) is 7.79. The molecule has 1 N–H and O–H groups in total. The van der Waals surface area contributed by atoms with Crippen LogP contribution in [0.5, 0.6) is 0 Å². The van der Waals surface area contributed by atoms with Crippen molar-refractivity contribution in [1.82, 2.24) is 0 Å². The number of rotatable bonds is 0. The van der Waals surface area contributed by atoms with Crippen molar-refractivity contribution in [2.45, 2.75) is 71.3 Å². The summed E-state index contributed by atoms with van der Waals surface area (Å²) in [6, 6.07) is 0. The second kappa shape index (κ2) is 4.44. The molecule has 0 unspecified atom stereocenters. The first-order valence-corrected chi connectivity index (χ1v) is 8.86. The number of carbonyl (C=O) groups is 1. The van der Waals surface area contributed by atoms with Crippen LogP contribution < -0.4 is 0 Å².